The van der Waals surface area contributed by atoms with Gasteiger partial charge in [-0.15, -0.1) is 0 Å². The quantitative estimate of drug-likeness (QED) is 0.743. The molecule has 0 radical (unpaired) electrons. The fourth-order valence-electron chi connectivity index (χ4n) is 3.95. The molecule has 0 unspecified atom stereocenters. The molecule has 5 rings (SSSR count). The number of rotatable bonds is 5. The third-order valence-electron chi connectivity index (χ3n) is 5.44. The van der Waals surface area contributed by atoms with Crippen LogP contribution < -0.4 is 16.4 Å². The second-order valence-corrected chi connectivity index (χ2v) is 8.33. The highest BCUT2D eigenvalue weighted by Crippen LogP contribution is 2.32. The Morgan fingerprint density at radius 3 is 2.33 bits per heavy atom. The molecule has 2 heterocycles. The summed E-state index contributed by atoms with van der Waals surface area (Å²) in [7, 11) is 0. The summed E-state index contributed by atoms with van der Waals surface area (Å²) >= 11 is 1.46. The highest BCUT2D eigenvalue weighted by molar-refractivity contribution is 7.99. The van der Waals surface area contributed by atoms with E-state index in [9.17, 15) is 9.59 Å². The van der Waals surface area contributed by atoms with Gasteiger partial charge >= 0.3 is 0 Å². The minimum atomic E-state index is -0.441. The van der Waals surface area contributed by atoms with Crippen LogP contribution in [-0.4, -0.2) is 24.0 Å². The van der Waals surface area contributed by atoms with Crippen molar-refractivity contribution in [3.05, 3.63) is 59.7 Å². The number of piperidine rings is 2. The second-order valence-electron chi connectivity index (χ2n) is 7.22. The minimum Gasteiger partial charge on any atom is -0.366 e. The van der Waals surface area contributed by atoms with Gasteiger partial charge in [-0.05, 0) is 68.0 Å². The number of amides is 2. The van der Waals surface area contributed by atoms with E-state index in [-0.39, 0.29) is 12.1 Å². The Kier molecular flexibility index (Phi) is 5.18. The lowest BCUT2D eigenvalue weighted by molar-refractivity contribution is 0.0802. The Morgan fingerprint density at radius 1 is 1.00 bits per heavy atom. The van der Waals surface area contributed by atoms with Crippen LogP contribution in [0.3, 0.4) is 0 Å². The van der Waals surface area contributed by atoms with Gasteiger partial charge in [-0.25, -0.2) is 0 Å². The third kappa shape index (κ3) is 4.01. The van der Waals surface area contributed by atoms with Crippen LogP contribution in [-0.2, 0) is 0 Å². The Morgan fingerprint density at radius 2 is 1.70 bits per heavy atom. The predicted molar refractivity (Wildman–Crippen MR) is 106 cm³/mol. The van der Waals surface area contributed by atoms with Gasteiger partial charge in [-0.3, -0.25) is 14.9 Å². The molecule has 3 aliphatic rings. The van der Waals surface area contributed by atoms with E-state index in [0.717, 1.165) is 9.79 Å². The highest BCUT2D eigenvalue weighted by atomic mass is 32.2. The Hall–Kier alpha value is -2.31. The molecule has 27 heavy (non-hydrogen) atoms. The first kappa shape index (κ1) is 18.1. The number of hydrogen-bond donors (Lipinski definition) is 3. The summed E-state index contributed by atoms with van der Waals surface area (Å²) < 4.78 is 0. The van der Waals surface area contributed by atoms with Gasteiger partial charge in [-0.2, -0.15) is 0 Å². The molecular weight excluding hydrogens is 358 g/mol. The standard InChI is InChI=1S/C21H23N3O2S/c22-19(25)17-3-1-2-4-18(17)27-16-11-7-14(8-12-16)21(26)24-20-13-5-9-15(23-20)10-6-13/h1-4,7-8,11-13,15,20,23H,5-6,9-10H2,(H2,22,25)(H,24,26)/t13?,15?,20-/m1/s1. The molecule has 4 N–H and O–H groups in total. The monoisotopic (exact) mass is 381 g/mol. The molecule has 2 aliphatic heterocycles. The zero-order valence-corrected chi connectivity index (χ0v) is 15.8. The van der Waals surface area contributed by atoms with E-state index < -0.39 is 5.91 Å². The van der Waals surface area contributed by atoms with Gasteiger partial charge in [0.05, 0.1) is 11.7 Å². The van der Waals surface area contributed by atoms with Crippen LogP contribution in [0.25, 0.3) is 0 Å². The first-order valence-corrected chi connectivity index (χ1v) is 10.2. The zero-order valence-electron chi connectivity index (χ0n) is 15.0. The van der Waals surface area contributed by atoms with E-state index in [1.54, 1.807) is 12.1 Å². The van der Waals surface area contributed by atoms with E-state index in [1.807, 2.05) is 36.4 Å². The lowest BCUT2D eigenvalue weighted by atomic mass is 9.79. The van der Waals surface area contributed by atoms with Crippen molar-refractivity contribution in [3.63, 3.8) is 0 Å². The molecule has 2 bridgehead atoms. The number of nitrogens with one attached hydrogen (secondary N) is 2. The normalized spacial score (nSPS) is 23.8. The van der Waals surface area contributed by atoms with E-state index in [2.05, 4.69) is 10.6 Å². The zero-order chi connectivity index (χ0) is 18.8. The molecule has 1 saturated carbocycles. The predicted octanol–water partition coefficient (Wildman–Crippen LogP) is 3.15. The van der Waals surface area contributed by atoms with E-state index in [1.165, 1.54) is 37.4 Å². The molecule has 3 fully saturated rings. The molecule has 0 aromatic heterocycles. The van der Waals surface area contributed by atoms with E-state index in [0.29, 0.717) is 23.1 Å². The number of fused-ring (bicyclic) bond motifs is 3. The molecule has 1 aliphatic carbocycles. The van der Waals surface area contributed by atoms with Crippen molar-refractivity contribution in [2.75, 3.05) is 0 Å². The maximum atomic E-state index is 12.6. The van der Waals surface area contributed by atoms with Gasteiger partial charge in [0.2, 0.25) is 5.91 Å². The van der Waals surface area contributed by atoms with E-state index >= 15 is 0 Å². The van der Waals surface area contributed by atoms with Crippen molar-refractivity contribution in [1.29, 1.82) is 0 Å². The molecule has 2 aromatic rings. The van der Waals surface area contributed by atoms with Gasteiger partial charge < -0.3 is 11.1 Å². The van der Waals surface area contributed by atoms with Gasteiger partial charge in [0, 0.05) is 21.4 Å². The number of carbonyl (C=O) groups is 2. The van der Waals surface area contributed by atoms with Crippen LogP contribution in [0.5, 0.6) is 0 Å². The van der Waals surface area contributed by atoms with Gasteiger partial charge in [0.15, 0.2) is 0 Å². The highest BCUT2D eigenvalue weighted by Gasteiger charge is 2.35. The number of benzene rings is 2. The Bertz CT molecular complexity index is 845. The van der Waals surface area contributed by atoms with Crippen LogP contribution in [0.1, 0.15) is 46.4 Å². The number of hydrogen-bond acceptors (Lipinski definition) is 4. The van der Waals surface area contributed by atoms with Crippen LogP contribution >= 0.6 is 11.8 Å². The molecule has 2 aromatic carbocycles. The maximum Gasteiger partial charge on any atom is 0.252 e. The molecule has 6 heteroatoms. The lowest BCUT2D eigenvalue weighted by Crippen LogP contribution is -2.59. The van der Waals surface area contributed by atoms with Crippen LogP contribution in [0.15, 0.2) is 58.3 Å². The maximum absolute atomic E-state index is 12.6. The van der Waals surface area contributed by atoms with Gasteiger partial charge in [0.25, 0.3) is 5.91 Å². The number of carbonyl (C=O) groups excluding carboxylic acids is 2. The third-order valence-corrected chi connectivity index (χ3v) is 6.53. The summed E-state index contributed by atoms with van der Waals surface area (Å²) in [6.07, 6.45) is 4.90. The van der Waals surface area contributed by atoms with Gasteiger partial charge in [-0.1, -0.05) is 23.9 Å². The summed E-state index contributed by atoms with van der Waals surface area (Å²) in [4.78, 5) is 25.9. The molecule has 1 atom stereocenters. The second kappa shape index (κ2) is 7.74. The van der Waals surface area contributed by atoms with Crippen LogP contribution in [0.4, 0.5) is 0 Å². The Balaban J connectivity index is 1.42. The van der Waals surface area contributed by atoms with Crippen molar-refractivity contribution in [3.8, 4) is 0 Å². The SMILES string of the molecule is NC(=O)c1ccccc1Sc1ccc(C(=O)N[C@H]2NC3CCC2CC3)cc1. The molecule has 0 spiro atoms. The lowest BCUT2D eigenvalue weighted by Gasteiger charge is -2.43. The Labute approximate surface area is 163 Å². The van der Waals surface area contributed by atoms with Crippen molar-refractivity contribution in [2.45, 2.75) is 47.7 Å². The molecule has 2 saturated heterocycles. The first-order valence-electron chi connectivity index (χ1n) is 9.34. The van der Waals surface area contributed by atoms with Gasteiger partial charge in [0.1, 0.15) is 0 Å². The topological polar surface area (TPSA) is 84.2 Å². The van der Waals surface area contributed by atoms with Crippen LogP contribution in [0.2, 0.25) is 0 Å². The largest absolute Gasteiger partial charge is 0.366 e. The summed E-state index contributed by atoms with van der Waals surface area (Å²) in [5, 5.41) is 6.68. The summed E-state index contributed by atoms with van der Waals surface area (Å²) in [6.45, 7) is 0. The number of nitrogens with two attached hydrogens (primary N) is 1. The smallest absolute Gasteiger partial charge is 0.252 e. The minimum absolute atomic E-state index is 0.0471. The average Bonchev–Trinajstić information content (AvgIpc) is 2.70. The fourth-order valence-corrected chi connectivity index (χ4v) is 4.91. The van der Waals surface area contributed by atoms with Crippen molar-refractivity contribution in [2.24, 2.45) is 11.7 Å². The molecule has 140 valence electrons. The summed E-state index contributed by atoms with van der Waals surface area (Å²) in [5.74, 6) is 0.0524. The summed E-state index contributed by atoms with van der Waals surface area (Å²) in [6, 6.07) is 15.3. The summed E-state index contributed by atoms with van der Waals surface area (Å²) in [5.41, 5.74) is 6.58. The average molecular weight is 382 g/mol. The van der Waals surface area contributed by atoms with Crippen molar-refractivity contribution in [1.82, 2.24) is 10.6 Å². The molecule has 2 amide bonds. The number of primary amides is 1. The first-order chi connectivity index (χ1) is 13.1. The van der Waals surface area contributed by atoms with Crippen LogP contribution in [0, 0.1) is 5.92 Å². The molecule has 5 nitrogen and oxygen atoms in total. The molecular formula is C21H23N3O2S. The van der Waals surface area contributed by atoms with Crippen molar-refractivity contribution < 1.29 is 9.59 Å². The fraction of sp³-hybridized carbons (Fsp3) is 0.333. The van der Waals surface area contributed by atoms with Crippen molar-refractivity contribution >= 4 is 23.6 Å². The van der Waals surface area contributed by atoms with E-state index in [4.69, 9.17) is 5.73 Å².